The van der Waals surface area contributed by atoms with Gasteiger partial charge in [0.1, 0.15) is 18.2 Å². The van der Waals surface area contributed by atoms with E-state index in [4.69, 9.17) is 9.47 Å². The molecule has 1 heterocycles. The van der Waals surface area contributed by atoms with Crippen LogP contribution in [0.2, 0.25) is 0 Å². The van der Waals surface area contributed by atoms with Crippen molar-refractivity contribution in [2.75, 3.05) is 53.0 Å². The van der Waals surface area contributed by atoms with Gasteiger partial charge in [0.15, 0.2) is 0 Å². The van der Waals surface area contributed by atoms with Gasteiger partial charge in [0, 0.05) is 32.2 Å². The Morgan fingerprint density at radius 1 is 1.35 bits per heavy atom. The molecular formula is C19H30FN3O3. The smallest absolute Gasteiger partial charge is 0.317 e. The molecule has 0 saturated carbocycles. The van der Waals surface area contributed by atoms with E-state index in [1.165, 1.54) is 12.1 Å². The number of likely N-dealkylation sites (N-methyl/N-ethyl adjacent to an activating group) is 1. The summed E-state index contributed by atoms with van der Waals surface area (Å²) in [5.41, 5.74) is -0.0785. The first-order valence-corrected chi connectivity index (χ1v) is 9.15. The first-order chi connectivity index (χ1) is 12.4. The van der Waals surface area contributed by atoms with Crippen LogP contribution < -0.4 is 10.1 Å². The van der Waals surface area contributed by atoms with Crippen molar-refractivity contribution in [2.24, 2.45) is 0 Å². The summed E-state index contributed by atoms with van der Waals surface area (Å²) in [4.78, 5) is 16.3. The Morgan fingerprint density at radius 3 is 2.62 bits per heavy atom. The van der Waals surface area contributed by atoms with Gasteiger partial charge in [0.05, 0.1) is 19.8 Å². The van der Waals surface area contributed by atoms with Crippen LogP contribution in [-0.4, -0.2) is 74.4 Å². The molecule has 2 amide bonds. The van der Waals surface area contributed by atoms with E-state index < -0.39 is 0 Å². The number of benzene rings is 1. The minimum atomic E-state index is -0.298. The normalized spacial score (nSPS) is 17.4. The summed E-state index contributed by atoms with van der Waals surface area (Å²) in [6.45, 7) is 8.97. The Bertz CT molecular complexity index is 564. The number of hydrogen-bond donors (Lipinski definition) is 1. The lowest BCUT2D eigenvalue weighted by molar-refractivity contribution is -0.0167. The second kappa shape index (κ2) is 9.73. The third kappa shape index (κ3) is 5.85. The first-order valence-electron chi connectivity index (χ1n) is 9.15. The van der Waals surface area contributed by atoms with Gasteiger partial charge in [-0.2, -0.15) is 0 Å². The molecule has 0 unspecified atom stereocenters. The maximum atomic E-state index is 12.9. The molecule has 1 aromatic rings. The zero-order valence-electron chi connectivity index (χ0n) is 16.0. The minimum Gasteiger partial charge on any atom is -0.492 e. The van der Waals surface area contributed by atoms with E-state index in [-0.39, 0.29) is 17.4 Å². The molecule has 146 valence electrons. The number of morpholine rings is 1. The molecule has 0 spiro atoms. The maximum absolute atomic E-state index is 12.9. The molecular weight excluding hydrogens is 337 g/mol. The Labute approximate surface area is 155 Å². The van der Waals surface area contributed by atoms with Crippen molar-refractivity contribution in [2.45, 2.75) is 25.8 Å². The number of hydrogen-bond acceptors (Lipinski definition) is 4. The molecule has 0 bridgehead atoms. The lowest BCUT2D eigenvalue weighted by Gasteiger charge is -2.43. The van der Waals surface area contributed by atoms with Crippen molar-refractivity contribution in [3.05, 3.63) is 30.1 Å². The zero-order chi connectivity index (χ0) is 19.0. The van der Waals surface area contributed by atoms with Gasteiger partial charge in [-0.15, -0.1) is 0 Å². The molecule has 7 heteroatoms. The molecule has 1 saturated heterocycles. The molecule has 1 fully saturated rings. The number of halogens is 1. The second-order valence-electron chi connectivity index (χ2n) is 6.83. The summed E-state index contributed by atoms with van der Waals surface area (Å²) in [6, 6.07) is 5.72. The van der Waals surface area contributed by atoms with Crippen molar-refractivity contribution in [1.82, 2.24) is 15.1 Å². The number of carbonyl (C=O) groups is 1. The molecule has 1 aliphatic heterocycles. The van der Waals surface area contributed by atoms with Gasteiger partial charge in [-0.05, 0) is 37.6 Å². The number of amides is 2. The van der Waals surface area contributed by atoms with Gasteiger partial charge in [0.25, 0.3) is 0 Å². The highest BCUT2D eigenvalue weighted by molar-refractivity contribution is 5.73. The third-order valence-corrected chi connectivity index (χ3v) is 5.01. The summed E-state index contributed by atoms with van der Waals surface area (Å²) in [5, 5.41) is 3.03. The number of urea groups is 1. The minimum absolute atomic E-state index is 0.0785. The van der Waals surface area contributed by atoms with E-state index in [0.29, 0.717) is 25.4 Å². The average Bonchev–Trinajstić information content (AvgIpc) is 2.68. The number of nitrogens with zero attached hydrogens (tertiary/aromatic N) is 2. The molecule has 1 aliphatic rings. The van der Waals surface area contributed by atoms with E-state index in [0.717, 1.165) is 32.7 Å². The van der Waals surface area contributed by atoms with Gasteiger partial charge in [-0.25, -0.2) is 9.18 Å². The first kappa shape index (κ1) is 20.5. The third-order valence-electron chi connectivity index (χ3n) is 5.01. The van der Waals surface area contributed by atoms with Gasteiger partial charge < -0.3 is 19.7 Å². The lowest BCUT2D eigenvalue weighted by atomic mass is 9.95. The zero-order valence-corrected chi connectivity index (χ0v) is 16.0. The van der Waals surface area contributed by atoms with Crippen LogP contribution in [0, 0.1) is 5.82 Å². The van der Waals surface area contributed by atoms with Crippen LogP contribution in [0.25, 0.3) is 0 Å². The SMILES string of the molecule is CC[C@](C)(CNC(=O)N(C)CCOc1ccc(F)cc1)N1CCOCC1. The molecule has 6 nitrogen and oxygen atoms in total. The van der Waals surface area contributed by atoms with E-state index in [2.05, 4.69) is 24.1 Å². The predicted octanol–water partition coefficient (Wildman–Crippen LogP) is 2.35. The molecule has 26 heavy (non-hydrogen) atoms. The van der Waals surface area contributed by atoms with Crippen molar-refractivity contribution < 1.29 is 18.7 Å². The summed E-state index contributed by atoms with van der Waals surface area (Å²) >= 11 is 0. The quantitative estimate of drug-likeness (QED) is 0.766. The molecule has 0 aliphatic carbocycles. The number of ether oxygens (including phenoxy) is 2. The van der Waals surface area contributed by atoms with E-state index in [1.54, 1.807) is 24.1 Å². The predicted molar refractivity (Wildman–Crippen MR) is 99.0 cm³/mol. The highest BCUT2D eigenvalue weighted by Crippen LogP contribution is 2.20. The maximum Gasteiger partial charge on any atom is 0.317 e. The number of nitrogens with one attached hydrogen (secondary N) is 1. The summed E-state index contributed by atoms with van der Waals surface area (Å²) in [5.74, 6) is 0.291. The van der Waals surface area contributed by atoms with Crippen LogP contribution in [0.5, 0.6) is 5.75 Å². The van der Waals surface area contributed by atoms with Crippen LogP contribution in [0.15, 0.2) is 24.3 Å². The standard InChI is InChI=1S/C19H30FN3O3/c1-4-19(2,23-10-12-25-13-11-23)15-21-18(24)22(3)9-14-26-17-7-5-16(20)6-8-17/h5-8H,4,9-15H2,1-3H3,(H,21,24)/t19-/m1/s1. The van der Waals surface area contributed by atoms with Crippen LogP contribution >= 0.6 is 0 Å². The van der Waals surface area contributed by atoms with Crippen LogP contribution in [0.4, 0.5) is 9.18 Å². The largest absolute Gasteiger partial charge is 0.492 e. The van der Waals surface area contributed by atoms with Gasteiger partial charge in [-0.1, -0.05) is 6.92 Å². The van der Waals surface area contributed by atoms with Crippen molar-refractivity contribution >= 4 is 6.03 Å². The molecule has 2 rings (SSSR count). The number of rotatable bonds is 8. The molecule has 1 N–H and O–H groups in total. The summed E-state index contributed by atoms with van der Waals surface area (Å²) in [7, 11) is 1.74. The fraction of sp³-hybridized carbons (Fsp3) is 0.632. The van der Waals surface area contributed by atoms with E-state index in [9.17, 15) is 9.18 Å². The Hall–Kier alpha value is -1.86. The van der Waals surface area contributed by atoms with Crippen molar-refractivity contribution in [1.29, 1.82) is 0 Å². The van der Waals surface area contributed by atoms with Gasteiger partial charge in [0.2, 0.25) is 0 Å². The molecule has 0 radical (unpaired) electrons. The Balaban J connectivity index is 1.74. The Morgan fingerprint density at radius 2 is 2.00 bits per heavy atom. The van der Waals surface area contributed by atoms with Gasteiger partial charge >= 0.3 is 6.03 Å². The van der Waals surface area contributed by atoms with Crippen LogP contribution in [0.1, 0.15) is 20.3 Å². The summed E-state index contributed by atoms with van der Waals surface area (Å²) < 4.78 is 23.8. The van der Waals surface area contributed by atoms with Crippen molar-refractivity contribution in [3.63, 3.8) is 0 Å². The molecule has 0 aromatic heterocycles. The average molecular weight is 367 g/mol. The highest BCUT2D eigenvalue weighted by atomic mass is 19.1. The van der Waals surface area contributed by atoms with Gasteiger partial charge in [-0.3, -0.25) is 4.90 Å². The monoisotopic (exact) mass is 367 g/mol. The fourth-order valence-corrected chi connectivity index (χ4v) is 2.90. The van der Waals surface area contributed by atoms with Crippen LogP contribution in [-0.2, 0) is 4.74 Å². The second-order valence-corrected chi connectivity index (χ2v) is 6.83. The van der Waals surface area contributed by atoms with Crippen LogP contribution in [0.3, 0.4) is 0 Å². The lowest BCUT2D eigenvalue weighted by Crippen LogP contribution is -2.57. The summed E-state index contributed by atoms with van der Waals surface area (Å²) in [6.07, 6.45) is 0.949. The Kier molecular flexibility index (Phi) is 7.66. The highest BCUT2D eigenvalue weighted by Gasteiger charge is 2.31. The van der Waals surface area contributed by atoms with E-state index in [1.807, 2.05) is 0 Å². The number of carbonyl (C=O) groups excluding carboxylic acids is 1. The van der Waals surface area contributed by atoms with E-state index >= 15 is 0 Å². The van der Waals surface area contributed by atoms with Crippen molar-refractivity contribution in [3.8, 4) is 5.75 Å². The molecule has 1 atom stereocenters. The topological polar surface area (TPSA) is 54.0 Å². The molecule has 1 aromatic carbocycles. The fourth-order valence-electron chi connectivity index (χ4n) is 2.90.